The Morgan fingerprint density at radius 1 is 1.38 bits per heavy atom. The number of ether oxygens (including phenoxy) is 1. The number of benzene rings is 1. The van der Waals surface area contributed by atoms with Gasteiger partial charge in [0.2, 0.25) is 10.0 Å². The molecule has 0 bridgehead atoms. The van der Waals surface area contributed by atoms with Crippen molar-refractivity contribution >= 4 is 28.3 Å². The first-order chi connectivity index (χ1) is 11.8. The maximum Gasteiger partial charge on any atom is 0.253 e. The molecule has 0 saturated carbocycles. The molecule has 1 amide bonds. The summed E-state index contributed by atoms with van der Waals surface area (Å²) in [4.78, 5) is 14.7. The number of carbonyl (C=O) groups excluding carboxylic acids is 1. The number of carbonyl (C=O) groups is 1. The number of methoxy groups -OCH3 is 1. The Kier molecular flexibility index (Phi) is 8.33. The number of rotatable bonds is 6. The van der Waals surface area contributed by atoms with Crippen LogP contribution in [-0.4, -0.2) is 71.4 Å². The lowest BCUT2D eigenvalue weighted by Gasteiger charge is -2.33. The molecule has 1 aliphatic rings. The van der Waals surface area contributed by atoms with E-state index in [1.165, 1.54) is 27.3 Å². The third kappa shape index (κ3) is 4.88. The fourth-order valence-electron chi connectivity index (χ4n) is 3.10. The van der Waals surface area contributed by atoms with Crippen molar-refractivity contribution in [2.24, 2.45) is 5.92 Å². The number of nitrogens with one attached hydrogen (secondary N) is 1. The molecule has 0 spiro atoms. The van der Waals surface area contributed by atoms with E-state index < -0.39 is 10.0 Å². The van der Waals surface area contributed by atoms with E-state index in [0.717, 1.165) is 23.7 Å². The van der Waals surface area contributed by atoms with Crippen LogP contribution in [0.2, 0.25) is 0 Å². The molecule has 148 valence electrons. The van der Waals surface area contributed by atoms with E-state index in [1.807, 2.05) is 7.05 Å². The molecule has 1 unspecified atom stereocenters. The average molecular weight is 406 g/mol. The van der Waals surface area contributed by atoms with Crippen LogP contribution in [-0.2, 0) is 10.0 Å². The molecule has 1 aromatic rings. The van der Waals surface area contributed by atoms with Gasteiger partial charge in [-0.05, 0) is 50.6 Å². The maximum atomic E-state index is 12.9. The maximum absolute atomic E-state index is 12.9. The number of sulfonamides is 1. The summed E-state index contributed by atoms with van der Waals surface area (Å²) in [6, 6.07) is 4.58. The van der Waals surface area contributed by atoms with E-state index in [9.17, 15) is 13.2 Å². The van der Waals surface area contributed by atoms with Crippen molar-refractivity contribution in [3.8, 4) is 5.75 Å². The monoisotopic (exact) mass is 405 g/mol. The Balaban J connectivity index is 0.00000338. The van der Waals surface area contributed by atoms with Gasteiger partial charge >= 0.3 is 0 Å². The lowest BCUT2D eigenvalue weighted by atomic mass is 9.97. The molecule has 9 heteroatoms. The summed E-state index contributed by atoms with van der Waals surface area (Å²) in [6.45, 7) is 2.24. The topological polar surface area (TPSA) is 79.0 Å². The third-order valence-electron chi connectivity index (χ3n) is 4.47. The van der Waals surface area contributed by atoms with Gasteiger partial charge in [0.15, 0.2) is 0 Å². The van der Waals surface area contributed by atoms with Gasteiger partial charge in [-0.3, -0.25) is 4.79 Å². The smallest absolute Gasteiger partial charge is 0.253 e. The molecule has 0 aromatic heterocycles. The summed E-state index contributed by atoms with van der Waals surface area (Å²) >= 11 is 0. The summed E-state index contributed by atoms with van der Waals surface area (Å²) in [7, 11) is 2.53. The molecule has 1 fully saturated rings. The Hall–Kier alpha value is -1.35. The molecule has 1 aliphatic heterocycles. The largest absolute Gasteiger partial charge is 0.495 e. The highest BCUT2D eigenvalue weighted by atomic mass is 35.5. The van der Waals surface area contributed by atoms with Crippen molar-refractivity contribution in [3.05, 3.63) is 23.8 Å². The zero-order valence-corrected chi connectivity index (χ0v) is 17.3. The second kappa shape index (κ2) is 9.55. The van der Waals surface area contributed by atoms with Gasteiger partial charge in [0.25, 0.3) is 5.91 Å². The van der Waals surface area contributed by atoms with Crippen LogP contribution < -0.4 is 10.1 Å². The van der Waals surface area contributed by atoms with Gasteiger partial charge in [-0.2, -0.15) is 0 Å². The van der Waals surface area contributed by atoms with Crippen LogP contribution in [0, 0.1) is 5.92 Å². The fourth-order valence-corrected chi connectivity index (χ4v) is 4.17. The first-order valence-corrected chi connectivity index (χ1v) is 9.79. The Morgan fingerprint density at radius 3 is 2.65 bits per heavy atom. The summed E-state index contributed by atoms with van der Waals surface area (Å²) in [6.07, 6.45) is 2.05. The quantitative estimate of drug-likeness (QED) is 0.774. The lowest BCUT2D eigenvalue weighted by Crippen LogP contribution is -2.42. The highest BCUT2D eigenvalue weighted by molar-refractivity contribution is 7.89. The zero-order valence-electron chi connectivity index (χ0n) is 15.7. The number of piperidine rings is 1. The number of nitrogens with zero attached hydrogens (tertiary/aromatic N) is 2. The third-order valence-corrected chi connectivity index (χ3v) is 6.30. The molecule has 1 N–H and O–H groups in total. The molecular formula is C17H28ClN3O4S. The van der Waals surface area contributed by atoms with Gasteiger partial charge in [-0.1, -0.05) is 0 Å². The minimum Gasteiger partial charge on any atom is -0.495 e. The number of likely N-dealkylation sites (tertiary alicyclic amines) is 1. The molecule has 1 saturated heterocycles. The van der Waals surface area contributed by atoms with Gasteiger partial charge in [-0.15, -0.1) is 12.4 Å². The number of hydrogen-bond donors (Lipinski definition) is 1. The number of hydrogen-bond acceptors (Lipinski definition) is 5. The molecular weight excluding hydrogens is 378 g/mol. The minimum atomic E-state index is -3.70. The van der Waals surface area contributed by atoms with Crippen LogP contribution in [0.5, 0.6) is 5.75 Å². The van der Waals surface area contributed by atoms with Gasteiger partial charge in [0, 0.05) is 32.7 Å². The minimum absolute atomic E-state index is 0. The van der Waals surface area contributed by atoms with Crippen molar-refractivity contribution in [3.63, 3.8) is 0 Å². The van der Waals surface area contributed by atoms with Crippen molar-refractivity contribution < 1.29 is 17.9 Å². The van der Waals surface area contributed by atoms with Gasteiger partial charge in [0.1, 0.15) is 10.6 Å². The van der Waals surface area contributed by atoms with Gasteiger partial charge in [0.05, 0.1) is 7.11 Å². The van der Waals surface area contributed by atoms with E-state index in [0.29, 0.717) is 24.6 Å². The highest BCUT2D eigenvalue weighted by Gasteiger charge is 2.27. The van der Waals surface area contributed by atoms with E-state index >= 15 is 0 Å². The molecule has 0 radical (unpaired) electrons. The first kappa shape index (κ1) is 22.7. The van der Waals surface area contributed by atoms with E-state index in [-0.39, 0.29) is 29.0 Å². The summed E-state index contributed by atoms with van der Waals surface area (Å²) < 4.78 is 31.3. The van der Waals surface area contributed by atoms with Crippen molar-refractivity contribution in [1.82, 2.24) is 14.5 Å². The van der Waals surface area contributed by atoms with Crippen molar-refractivity contribution in [2.75, 3.05) is 47.9 Å². The van der Waals surface area contributed by atoms with Crippen LogP contribution in [0.4, 0.5) is 0 Å². The van der Waals surface area contributed by atoms with E-state index in [2.05, 4.69) is 5.32 Å². The van der Waals surface area contributed by atoms with Crippen LogP contribution in [0.3, 0.4) is 0 Å². The molecule has 1 atom stereocenters. The standard InChI is InChI=1S/C17H27N3O4S.ClH/c1-18-11-13-6-5-9-20(12-13)17(21)14-7-8-15(24-4)16(10-14)25(22,23)19(2)3;/h7-8,10,13,18H,5-6,9,11-12H2,1-4H3;1H. The number of halogens is 1. The zero-order chi connectivity index (χ0) is 18.6. The molecule has 26 heavy (non-hydrogen) atoms. The summed E-state index contributed by atoms with van der Waals surface area (Å²) in [5.41, 5.74) is 0.367. The van der Waals surface area contributed by atoms with Crippen LogP contribution >= 0.6 is 12.4 Å². The summed E-state index contributed by atoms with van der Waals surface area (Å²) in [5.74, 6) is 0.515. The van der Waals surface area contributed by atoms with Gasteiger partial charge in [-0.25, -0.2) is 12.7 Å². The summed E-state index contributed by atoms with van der Waals surface area (Å²) in [5, 5.41) is 3.15. The molecule has 1 aromatic carbocycles. The van der Waals surface area contributed by atoms with Gasteiger partial charge < -0.3 is 15.0 Å². The highest BCUT2D eigenvalue weighted by Crippen LogP contribution is 2.28. The van der Waals surface area contributed by atoms with Crippen LogP contribution in [0.15, 0.2) is 23.1 Å². The Morgan fingerprint density at radius 2 is 2.08 bits per heavy atom. The van der Waals surface area contributed by atoms with Crippen LogP contribution in [0.25, 0.3) is 0 Å². The molecule has 0 aliphatic carbocycles. The average Bonchev–Trinajstić information content (AvgIpc) is 2.61. The second-order valence-electron chi connectivity index (χ2n) is 6.47. The SMILES string of the molecule is CNCC1CCCN(C(=O)c2ccc(OC)c(S(=O)(=O)N(C)C)c2)C1.Cl. The first-order valence-electron chi connectivity index (χ1n) is 8.35. The molecule has 1 heterocycles. The molecule has 2 rings (SSSR count). The second-order valence-corrected chi connectivity index (χ2v) is 8.59. The van der Waals surface area contributed by atoms with E-state index in [1.54, 1.807) is 17.0 Å². The van der Waals surface area contributed by atoms with Crippen molar-refractivity contribution in [2.45, 2.75) is 17.7 Å². The molecule has 7 nitrogen and oxygen atoms in total. The Labute approximate surface area is 162 Å². The predicted octanol–water partition coefficient (Wildman–Crippen LogP) is 1.44. The number of amides is 1. The fraction of sp³-hybridized carbons (Fsp3) is 0.588. The lowest BCUT2D eigenvalue weighted by molar-refractivity contribution is 0.0674. The van der Waals surface area contributed by atoms with Crippen LogP contribution in [0.1, 0.15) is 23.2 Å². The van der Waals surface area contributed by atoms with E-state index in [4.69, 9.17) is 4.74 Å². The Bertz CT molecular complexity index is 723. The normalized spacial score (nSPS) is 17.7. The van der Waals surface area contributed by atoms with Crippen molar-refractivity contribution in [1.29, 1.82) is 0 Å². The predicted molar refractivity (Wildman–Crippen MR) is 104 cm³/mol.